The summed E-state index contributed by atoms with van der Waals surface area (Å²) < 4.78 is 111. The average molecular weight is 652 g/mol. The van der Waals surface area contributed by atoms with E-state index in [2.05, 4.69) is 25.5 Å². The van der Waals surface area contributed by atoms with Crippen molar-refractivity contribution in [2.24, 2.45) is 5.41 Å². The number of aromatic amines is 1. The second kappa shape index (κ2) is 10.1. The molecule has 3 fully saturated rings. The monoisotopic (exact) mass is 651 g/mol. The third-order valence-corrected chi connectivity index (χ3v) is 9.50. The van der Waals surface area contributed by atoms with Gasteiger partial charge in [0.05, 0.1) is 28.3 Å². The van der Waals surface area contributed by atoms with Crippen molar-refractivity contribution in [2.45, 2.75) is 56.8 Å². The Morgan fingerprint density at radius 3 is 2.50 bits per heavy atom. The normalized spacial score (nSPS) is 25.7. The highest BCUT2D eigenvalue weighted by Gasteiger charge is 2.71. The Morgan fingerprint density at radius 1 is 1.11 bits per heavy atom. The van der Waals surface area contributed by atoms with Gasteiger partial charge < -0.3 is 19.9 Å². The predicted octanol–water partition coefficient (Wildman–Crippen LogP) is 6.08. The molecule has 15 heteroatoms. The molecule has 0 unspecified atom stereocenters. The first-order valence-corrected chi connectivity index (χ1v) is 14.9. The van der Waals surface area contributed by atoms with Gasteiger partial charge in [0.2, 0.25) is 0 Å². The molecule has 2 N–H and O–H groups in total. The van der Waals surface area contributed by atoms with Crippen LogP contribution in [0.15, 0.2) is 18.3 Å². The first kappa shape index (κ1) is 30.9. The number of H-pyrrole nitrogens is 1. The van der Waals surface area contributed by atoms with Gasteiger partial charge >= 0.3 is 12.2 Å². The van der Waals surface area contributed by atoms with Crippen molar-refractivity contribution >= 4 is 27.6 Å². The van der Waals surface area contributed by atoms with Crippen LogP contribution >= 0.6 is 0 Å². The van der Waals surface area contributed by atoms with Gasteiger partial charge in [-0.15, -0.1) is 0 Å². The number of halogens is 7. The first-order chi connectivity index (χ1) is 21.5. The molecule has 2 aromatic carbocycles. The van der Waals surface area contributed by atoms with Crippen LogP contribution in [0, 0.1) is 24.0 Å². The summed E-state index contributed by atoms with van der Waals surface area (Å²) in [6.45, 7) is 3.59. The summed E-state index contributed by atoms with van der Waals surface area (Å²) in [5, 5.41) is 9.73. The molecule has 4 aromatic rings. The molecule has 46 heavy (non-hydrogen) atoms. The number of benzene rings is 2. The van der Waals surface area contributed by atoms with E-state index in [1.54, 1.807) is 19.0 Å². The van der Waals surface area contributed by atoms with E-state index in [1.165, 1.54) is 13.0 Å². The molecule has 3 atom stereocenters. The molecule has 7 rings (SSSR count). The number of anilines is 1. The molecule has 4 heterocycles. The summed E-state index contributed by atoms with van der Waals surface area (Å²) in [5.41, 5.74) is -5.28. The average Bonchev–Trinajstić information content (AvgIpc) is 3.22. The minimum absolute atomic E-state index is 0.0102. The minimum atomic E-state index is -4.96. The number of rotatable bonds is 7. The van der Waals surface area contributed by atoms with E-state index in [1.807, 2.05) is 11.8 Å². The molecule has 8 nitrogen and oxygen atoms in total. The molecule has 2 saturated heterocycles. The maximum atomic E-state index is 16.8. The Labute approximate surface area is 259 Å². The lowest BCUT2D eigenvalue weighted by Crippen LogP contribution is -2.58. The maximum Gasteiger partial charge on any atom is 0.417 e. The SMILES string of the molecule is Cc1cc2[nH]ncc2c(-c2c(F)cc3c(N4C[C@H]5CC[C@@](C)(C4)N5)nc(OC[C@]4(CN(C)C)CC4(F)F)nc3c2F)c1C(F)(F)F. The molecule has 2 bridgehead atoms. The molecule has 0 amide bonds. The summed E-state index contributed by atoms with van der Waals surface area (Å²) in [6.07, 6.45) is -2.59. The summed E-state index contributed by atoms with van der Waals surface area (Å²) >= 11 is 0. The van der Waals surface area contributed by atoms with Crippen LogP contribution in [0.4, 0.5) is 36.6 Å². The molecule has 2 aromatic heterocycles. The summed E-state index contributed by atoms with van der Waals surface area (Å²) in [5.74, 6) is -5.48. The lowest BCUT2D eigenvalue weighted by atomic mass is 9.90. The van der Waals surface area contributed by atoms with Gasteiger partial charge in [-0.3, -0.25) is 5.10 Å². The summed E-state index contributed by atoms with van der Waals surface area (Å²) in [4.78, 5) is 12.1. The van der Waals surface area contributed by atoms with E-state index in [9.17, 15) is 22.0 Å². The molecule has 0 radical (unpaired) electrons. The number of alkyl halides is 5. The van der Waals surface area contributed by atoms with Crippen LogP contribution < -0.4 is 15.0 Å². The van der Waals surface area contributed by atoms with Crippen LogP contribution in [0.25, 0.3) is 32.9 Å². The van der Waals surface area contributed by atoms with Gasteiger partial charge in [-0.2, -0.15) is 28.2 Å². The number of piperazine rings is 1. The standard InChI is InChI=1S/C31H32F7N7O/c1-15-7-20-18(9-39-43-20)21(23(15)31(36,37)38)22-19(32)8-17-25(24(22)33)40-27(46-14-29(13-44(3)4)11-30(29,34)35)41-26(17)45-10-16-5-6-28(2,12-45)42-16/h7-9,16,42H,5-6,10-14H2,1-4H3,(H,39,43)/t16-,28+,29-/m1/s1. The summed E-state index contributed by atoms with van der Waals surface area (Å²) in [7, 11) is 3.31. The third-order valence-electron chi connectivity index (χ3n) is 9.50. The number of ether oxygens (including phenoxy) is 1. The van der Waals surface area contributed by atoms with E-state index in [0.717, 1.165) is 25.1 Å². The molecule has 2 aliphatic heterocycles. The van der Waals surface area contributed by atoms with Gasteiger partial charge in [-0.1, -0.05) is 0 Å². The van der Waals surface area contributed by atoms with Gasteiger partial charge in [0.25, 0.3) is 5.92 Å². The molecule has 1 saturated carbocycles. The number of fused-ring (bicyclic) bond motifs is 4. The highest BCUT2D eigenvalue weighted by molar-refractivity contribution is 6.01. The zero-order chi connectivity index (χ0) is 33.0. The maximum absolute atomic E-state index is 16.8. The Morgan fingerprint density at radius 2 is 1.85 bits per heavy atom. The Balaban J connectivity index is 1.43. The minimum Gasteiger partial charge on any atom is -0.463 e. The van der Waals surface area contributed by atoms with Crippen molar-refractivity contribution in [3.05, 3.63) is 41.1 Å². The molecule has 1 aliphatic carbocycles. The number of hydrogen-bond donors (Lipinski definition) is 2. The highest BCUT2D eigenvalue weighted by atomic mass is 19.4. The van der Waals surface area contributed by atoms with Gasteiger partial charge in [-0.05, 0) is 58.5 Å². The van der Waals surface area contributed by atoms with Gasteiger partial charge in [0.1, 0.15) is 23.8 Å². The smallest absolute Gasteiger partial charge is 0.417 e. The second-order valence-corrected chi connectivity index (χ2v) is 13.6. The zero-order valence-corrected chi connectivity index (χ0v) is 25.5. The van der Waals surface area contributed by atoms with Crippen molar-refractivity contribution in [1.29, 1.82) is 0 Å². The van der Waals surface area contributed by atoms with Crippen LogP contribution in [0.1, 0.15) is 37.3 Å². The highest BCUT2D eigenvalue weighted by Crippen LogP contribution is 2.60. The Kier molecular flexibility index (Phi) is 6.81. The van der Waals surface area contributed by atoms with Crippen molar-refractivity contribution in [2.75, 3.05) is 45.2 Å². The van der Waals surface area contributed by atoms with Crippen LogP contribution in [-0.2, 0) is 6.18 Å². The fraction of sp³-hybridized carbons (Fsp3) is 0.516. The van der Waals surface area contributed by atoms with Crippen LogP contribution in [0.3, 0.4) is 0 Å². The quantitative estimate of drug-likeness (QED) is 0.235. The zero-order valence-electron chi connectivity index (χ0n) is 25.5. The molecular formula is C31H32F7N7O. The number of hydrogen-bond acceptors (Lipinski definition) is 7. The van der Waals surface area contributed by atoms with Crippen LogP contribution in [-0.4, -0.2) is 82.9 Å². The predicted molar refractivity (Wildman–Crippen MR) is 157 cm³/mol. The lowest BCUT2D eigenvalue weighted by Gasteiger charge is -2.40. The number of aromatic nitrogens is 4. The third kappa shape index (κ3) is 4.93. The van der Waals surface area contributed by atoms with Crippen molar-refractivity contribution in [1.82, 2.24) is 30.4 Å². The number of aryl methyl sites for hydroxylation is 1. The van der Waals surface area contributed by atoms with E-state index in [4.69, 9.17) is 4.74 Å². The van der Waals surface area contributed by atoms with Gasteiger partial charge in [0, 0.05) is 54.0 Å². The van der Waals surface area contributed by atoms with E-state index in [0.29, 0.717) is 13.1 Å². The largest absolute Gasteiger partial charge is 0.463 e. The Bertz CT molecular complexity index is 1880. The molecular weight excluding hydrogens is 619 g/mol. The molecule has 246 valence electrons. The van der Waals surface area contributed by atoms with Gasteiger partial charge in [-0.25, -0.2) is 17.6 Å². The van der Waals surface area contributed by atoms with E-state index >= 15 is 8.78 Å². The summed E-state index contributed by atoms with van der Waals surface area (Å²) in [6, 6.07) is 1.79. The Hall–Kier alpha value is -3.72. The first-order valence-electron chi connectivity index (χ1n) is 14.9. The number of nitrogens with one attached hydrogen (secondary N) is 2. The van der Waals surface area contributed by atoms with Crippen molar-refractivity contribution in [3.63, 3.8) is 0 Å². The van der Waals surface area contributed by atoms with Crippen LogP contribution in [0.5, 0.6) is 6.01 Å². The van der Waals surface area contributed by atoms with Crippen molar-refractivity contribution in [3.8, 4) is 17.1 Å². The second-order valence-electron chi connectivity index (χ2n) is 13.6. The fourth-order valence-corrected chi connectivity index (χ4v) is 7.41. The number of nitrogens with zero attached hydrogens (tertiary/aromatic N) is 5. The fourth-order valence-electron chi connectivity index (χ4n) is 7.41. The van der Waals surface area contributed by atoms with Crippen LogP contribution in [0.2, 0.25) is 0 Å². The molecule has 0 spiro atoms. The van der Waals surface area contributed by atoms with Gasteiger partial charge in [0.15, 0.2) is 5.82 Å². The lowest BCUT2D eigenvalue weighted by molar-refractivity contribution is -0.137. The van der Waals surface area contributed by atoms with E-state index < -0.39 is 70.4 Å². The molecule has 3 aliphatic rings. The topological polar surface area (TPSA) is 82.2 Å². The van der Waals surface area contributed by atoms with E-state index in [-0.39, 0.29) is 45.8 Å². The van der Waals surface area contributed by atoms with Crippen molar-refractivity contribution < 1.29 is 35.5 Å².